The summed E-state index contributed by atoms with van der Waals surface area (Å²) < 4.78 is 5.42. The number of ether oxygens (including phenoxy) is 1. The Morgan fingerprint density at radius 2 is 1.75 bits per heavy atom. The number of likely N-dealkylation sites (tertiary alicyclic amines) is 2. The molecule has 0 saturated carbocycles. The van der Waals surface area contributed by atoms with E-state index >= 15 is 0 Å². The largest absolute Gasteiger partial charge is 0.480 e. The van der Waals surface area contributed by atoms with Crippen molar-refractivity contribution in [1.82, 2.24) is 9.80 Å². The number of piperidine rings is 1. The molecule has 1 aromatic carbocycles. The molecule has 6 nitrogen and oxygen atoms in total. The molecule has 1 spiro atoms. The third-order valence-corrected chi connectivity index (χ3v) is 5.18. The molecule has 2 saturated heterocycles. The third-order valence-electron chi connectivity index (χ3n) is 5.18. The van der Waals surface area contributed by atoms with Crippen LogP contribution in [0.15, 0.2) is 30.3 Å². The SMILES string of the molecule is O=C(O)CN1CCC2(CC1)CCN(C(=O)OCc1ccccc1)C2. The van der Waals surface area contributed by atoms with Crippen LogP contribution < -0.4 is 0 Å². The fourth-order valence-electron chi connectivity index (χ4n) is 3.69. The van der Waals surface area contributed by atoms with E-state index in [4.69, 9.17) is 9.84 Å². The number of carboxylic acids is 1. The molecule has 0 bridgehead atoms. The second-order valence-electron chi connectivity index (χ2n) is 6.88. The summed E-state index contributed by atoms with van der Waals surface area (Å²) in [6.45, 7) is 3.45. The van der Waals surface area contributed by atoms with Crippen LogP contribution in [0.4, 0.5) is 4.79 Å². The Morgan fingerprint density at radius 1 is 1.08 bits per heavy atom. The van der Waals surface area contributed by atoms with Gasteiger partial charge < -0.3 is 14.7 Å². The standard InChI is InChI=1S/C18H24N2O4/c21-16(22)12-19-9-6-18(7-10-19)8-11-20(14-18)17(23)24-13-15-4-2-1-3-5-15/h1-5H,6-14H2,(H,21,22). The van der Waals surface area contributed by atoms with Crippen LogP contribution in [-0.2, 0) is 16.1 Å². The van der Waals surface area contributed by atoms with E-state index in [1.807, 2.05) is 35.2 Å². The molecule has 24 heavy (non-hydrogen) atoms. The average Bonchev–Trinajstić information content (AvgIpc) is 3.00. The van der Waals surface area contributed by atoms with Crippen molar-refractivity contribution in [3.05, 3.63) is 35.9 Å². The molecule has 1 amide bonds. The molecule has 0 atom stereocenters. The van der Waals surface area contributed by atoms with Gasteiger partial charge in [-0.3, -0.25) is 9.69 Å². The van der Waals surface area contributed by atoms with E-state index in [0.717, 1.165) is 51.0 Å². The zero-order chi connectivity index (χ0) is 17.0. The summed E-state index contributed by atoms with van der Waals surface area (Å²) in [5, 5.41) is 8.88. The van der Waals surface area contributed by atoms with E-state index in [1.165, 1.54) is 0 Å². The number of carboxylic acid groups (broad SMARTS) is 1. The number of benzene rings is 1. The molecule has 6 heteroatoms. The van der Waals surface area contributed by atoms with Crippen molar-refractivity contribution in [2.45, 2.75) is 25.9 Å². The van der Waals surface area contributed by atoms with Crippen LogP contribution in [-0.4, -0.2) is 59.7 Å². The summed E-state index contributed by atoms with van der Waals surface area (Å²) in [7, 11) is 0. The molecule has 0 aliphatic carbocycles. The highest BCUT2D eigenvalue weighted by Gasteiger charge is 2.42. The van der Waals surface area contributed by atoms with Crippen molar-refractivity contribution < 1.29 is 19.4 Å². The van der Waals surface area contributed by atoms with Gasteiger partial charge >= 0.3 is 12.1 Å². The van der Waals surface area contributed by atoms with Crippen LogP contribution in [0, 0.1) is 5.41 Å². The van der Waals surface area contributed by atoms with Crippen LogP contribution in [0.5, 0.6) is 0 Å². The Bertz CT molecular complexity index is 582. The number of nitrogens with zero attached hydrogens (tertiary/aromatic N) is 2. The first-order chi connectivity index (χ1) is 11.6. The van der Waals surface area contributed by atoms with Crippen molar-refractivity contribution >= 4 is 12.1 Å². The van der Waals surface area contributed by atoms with Crippen molar-refractivity contribution in [1.29, 1.82) is 0 Å². The quantitative estimate of drug-likeness (QED) is 0.915. The van der Waals surface area contributed by atoms with E-state index in [9.17, 15) is 9.59 Å². The predicted molar refractivity (Wildman–Crippen MR) is 88.6 cm³/mol. The van der Waals surface area contributed by atoms with E-state index in [2.05, 4.69) is 0 Å². The van der Waals surface area contributed by atoms with Gasteiger partial charge in [-0.2, -0.15) is 0 Å². The zero-order valence-corrected chi connectivity index (χ0v) is 13.8. The van der Waals surface area contributed by atoms with Gasteiger partial charge in [0, 0.05) is 13.1 Å². The summed E-state index contributed by atoms with van der Waals surface area (Å²) >= 11 is 0. The number of aliphatic carboxylic acids is 1. The zero-order valence-electron chi connectivity index (χ0n) is 13.8. The van der Waals surface area contributed by atoms with Gasteiger partial charge in [-0.15, -0.1) is 0 Å². The Hall–Kier alpha value is -2.08. The Kier molecular flexibility index (Phi) is 5.04. The van der Waals surface area contributed by atoms with Gasteiger partial charge in [0.15, 0.2) is 0 Å². The summed E-state index contributed by atoms with van der Waals surface area (Å²) in [6.07, 6.45) is 2.63. The molecule has 1 aromatic rings. The van der Waals surface area contributed by atoms with Crippen LogP contribution in [0.1, 0.15) is 24.8 Å². The smallest absolute Gasteiger partial charge is 0.410 e. The summed E-state index contributed by atoms with van der Waals surface area (Å²) in [5.74, 6) is -0.775. The minimum absolute atomic E-state index is 0.110. The predicted octanol–water partition coefficient (Wildman–Crippen LogP) is 2.20. The molecule has 0 radical (unpaired) electrons. The lowest BCUT2D eigenvalue weighted by molar-refractivity contribution is -0.138. The van der Waals surface area contributed by atoms with E-state index in [1.54, 1.807) is 4.90 Å². The lowest BCUT2D eigenvalue weighted by atomic mass is 9.78. The molecule has 2 aliphatic heterocycles. The molecule has 2 heterocycles. The van der Waals surface area contributed by atoms with Crippen LogP contribution in [0.2, 0.25) is 0 Å². The number of carbonyl (C=O) groups is 2. The van der Waals surface area contributed by atoms with Crippen LogP contribution in [0.25, 0.3) is 0 Å². The highest BCUT2D eigenvalue weighted by atomic mass is 16.6. The first-order valence-corrected chi connectivity index (χ1v) is 8.46. The maximum Gasteiger partial charge on any atom is 0.410 e. The topological polar surface area (TPSA) is 70.1 Å². The van der Waals surface area contributed by atoms with Gasteiger partial charge in [0.2, 0.25) is 0 Å². The van der Waals surface area contributed by atoms with E-state index in [-0.39, 0.29) is 18.1 Å². The monoisotopic (exact) mass is 332 g/mol. The van der Waals surface area contributed by atoms with Gasteiger partial charge in [-0.25, -0.2) is 4.79 Å². The first kappa shape index (κ1) is 16.8. The first-order valence-electron chi connectivity index (χ1n) is 8.46. The van der Waals surface area contributed by atoms with Crippen molar-refractivity contribution in [2.24, 2.45) is 5.41 Å². The lowest BCUT2D eigenvalue weighted by Gasteiger charge is -2.38. The molecule has 2 fully saturated rings. The summed E-state index contributed by atoms with van der Waals surface area (Å²) in [5.41, 5.74) is 1.13. The minimum Gasteiger partial charge on any atom is -0.480 e. The number of hydrogen-bond donors (Lipinski definition) is 1. The molecule has 130 valence electrons. The Balaban J connectivity index is 1.47. The fourth-order valence-corrected chi connectivity index (χ4v) is 3.69. The Morgan fingerprint density at radius 3 is 2.42 bits per heavy atom. The van der Waals surface area contributed by atoms with Crippen molar-refractivity contribution in [3.8, 4) is 0 Å². The second-order valence-corrected chi connectivity index (χ2v) is 6.88. The fraction of sp³-hybridized carbons (Fsp3) is 0.556. The van der Waals surface area contributed by atoms with Crippen molar-refractivity contribution in [3.63, 3.8) is 0 Å². The number of amides is 1. The number of carbonyl (C=O) groups excluding carboxylic acids is 1. The maximum absolute atomic E-state index is 12.3. The molecule has 3 rings (SSSR count). The minimum atomic E-state index is -0.775. The average molecular weight is 332 g/mol. The highest BCUT2D eigenvalue weighted by molar-refractivity contribution is 5.69. The van der Waals surface area contributed by atoms with Crippen LogP contribution in [0.3, 0.4) is 0 Å². The number of hydrogen-bond acceptors (Lipinski definition) is 4. The molecule has 0 unspecified atom stereocenters. The summed E-state index contributed by atoms with van der Waals surface area (Å²) in [6, 6.07) is 9.68. The maximum atomic E-state index is 12.3. The van der Waals surface area contributed by atoms with Gasteiger partial charge in [0.25, 0.3) is 0 Å². The van der Waals surface area contributed by atoms with Crippen LogP contribution >= 0.6 is 0 Å². The third kappa shape index (κ3) is 4.06. The van der Waals surface area contributed by atoms with E-state index < -0.39 is 5.97 Å². The van der Waals surface area contributed by atoms with Gasteiger partial charge in [-0.1, -0.05) is 30.3 Å². The molecule has 1 N–H and O–H groups in total. The van der Waals surface area contributed by atoms with Crippen molar-refractivity contribution in [2.75, 3.05) is 32.7 Å². The lowest BCUT2D eigenvalue weighted by Crippen LogP contribution is -2.44. The molecular formula is C18H24N2O4. The highest BCUT2D eigenvalue weighted by Crippen LogP contribution is 2.40. The van der Waals surface area contributed by atoms with E-state index in [0.29, 0.717) is 6.61 Å². The summed E-state index contributed by atoms with van der Waals surface area (Å²) in [4.78, 5) is 26.8. The molecule has 2 aliphatic rings. The van der Waals surface area contributed by atoms with Gasteiger partial charge in [-0.05, 0) is 43.3 Å². The van der Waals surface area contributed by atoms with Gasteiger partial charge in [0.05, 0.1) is 6.54 Å². The Labute approximate surface area is 142 Å². The normalized spacial score (nSPS) is 20.2. The molecule has 0 aromatic heterocycles. The van der Waals surface area contributed by atoms with Gasteiger partial charge in [0.1, 0.15) is 6.61 Å². The number of rotatable bonds is 4. The second kappa shape index (κ2) is 7.21. The molecular weight excluding hydrogens is 308 g/mol.